The van der Waals surface area contributed by atoms with Gasteiger partial charge in [0.1, 0.15) is 0 Å². The predicted octanol–water partition coefficient (Wildman–Crippen LogP) is -0.182. The Kier molecular flexibility index (Phi) is 3.10. The fourth-order valence-corrected chi connectivity index (χ4v) is 1.69. The van der Waals surface area contributed by atoms with E-state index < -0.39 is 5.72 Å². The zero-order valence-electron chi connectivity index (χ0n) is 9.53. The van der Waals surface area contributed by atoms with Crippen molar-refractivity contribution in [1.82, 2.24) is 10.6 Å². The monoisotopic (exact) mass is 234 g/mol. The lowest BCUT2D eigenvalue weighted by Crippen LogP contribution is -2.74. The van der Waals surface area contributed by atoms with Gasteiger partial charge < -0.3 is 15.4 Å². The molecule has 0 aliphatic carbocycles. The van der Waals surface area contributed by atoms with Gasteiger partial charge in [-0.2, -0.15) is 0 Å². The zero-order valence-corrected chi connectivity index (χ0v) is 9.53. The van der Waals surface area contributed by atoms with Gasteiger partial charge >= 0.3 is 0 Å². The lowest BCUT2D eigenvalue weighted by molar-refractivity contribution is -0.166. The van der Waals surface area contributed by atoms with E-state index in [1.165, 1.54) is 7.11 Å². The van der Waals surface area contributed by atoms with Crippen molar-refractivity contribution >= 4 is 11.8 Å². The first-order valence-electron chi connectivity index (χ1n) is 5.35. The molecule has 0 bridgehead atoms. The van der Waals surface area contributed by atoms with E-state index >= 15 is 0 Å². The van der Waals surface area contributed by atoms with Crippen molar-refractivity contribution in [3.8, 4) is 0 Å². The van der Waals surface area contributed by atoms with Gasteiger partial charge in [-0.15, -0.1) is 0 Å². The van der Waals surface area contributed by atoms with Gasteiger partial charge in [0, 0.05) is 7.11 Å². The summed E-state index contributed by atoms with van der Waals surface area (Å²) < 4.78 is 5.05. The van der Waals surface area contributed by atoms with Crippen LogP contribution in [-0.2, 0) is 20.7 Å². The van der Waals surface area contributed by atoms with Gasteiger partial charge in [-0.3, -0.25) is 9.59 Å². The lowest BCUT2D eigenvalue weighted by Gasteiger charge is -2.39. The van der Waals surface area contributed by atoms with Gasteiger partial charge in [0.2, 0.25) is 11.6 Å². The summed E-state index contributed by atoms with van der Waals surface area (Å²) in [5.41, 5.74) is -0.276. The lowest BCUT2D eigenvalue weighted by atomic mass is 10.1. The van der Waals surface area contributed by atoms with Crippen molar-refractivity contribution in [3.63, 3.8) is 0 Å². The molecule has 1 heterocycles. The summed E-state index contributed by atoms with van der Waals surface area (Å²) in [4.78, 5) is 23.1. The Labute approximate surface area is 99.2 Å². The predicted molar refractivity (Wildman–Crippen MR) is 61.0 cm³/mol. The van der Waals surface area contributed by atoms with Crippen molar-refractivity contribution in [1.29, 1.82) is 0 Å². The van der Waals surface area contributed by atoms with Crippen LogP contribution in [0, 0.1) is 0 Å². The van der Waals surface area contributed by atoms with Crippen LogP contribution in [0.1, 0.15) is 5.56 Å². The number of rotatable bonds is 4. The first-order valence-corrected chi connectivity index (χ1v) is 5.35. The second-order valence-electron chi connectivity index (χ2n) is 3.92. The molecule has 1 aromatic carbocycles. The number of β-lactam (4-membered cyclic amide) rings is 1. The second kappa shape index (κ2) is 4.55. The van der Waals surface area contributed by atoms with Gasteiger partial charge in [-0.05, 0) is 5.56 Å². The van der Waals surface area contributed by atoms with E-state index in [4.69, 9.17) is 4.74 Å². The van der Waals surface area contributed by atoms with Crippen molar-refractivity contribution in [2.45, 2.75) is 12.1 Å². The molecule has 1 unspecified atom stereocenters. The number of methoxy groups -OCH3 is 1. The van der Waals surface area contributed by atoms with Gasteiger partial charge in [0.25, 0.3) is 5.91 Å². The molecule has 1 aliphatic rings. The molecule has 5 nitrogen and oxygen atoms in total. The maximum Gasteiger partial charge on any atom is 0.275 e. The van der Waals surface area contributed by atoms with Crippen LogP contribution in [0.15, 0.2) is 30.3 Å². The van der Waals surface area contributed by atoms with Gasteiger partial charge in [-0.25, -0.2) is 0 Å². The van der Waals surface area contributed by atoms with Gasteiger partial charge in [-0.1, -0.05) is 30.3 Å². The van der Waals surface area contributed by atoms with Crippen molar-refractivity contribution in [2.75, 3.05) is 13.7 Å². The normalized spacial score (nSPS) is 22.5. The molecule has 90 valence electrons. The summed E-state index contributed by atoms with van der Waals surface area (Å²) in [7, 11) is 1.40. The van der Waals surface area contributed by atoms with E-state index in [-0.39, 0.29) is 18.2 Å². The van der Waals surface area contributed by atoms with E-state index in [0.717, 1.165) is 5.56 Å². The van der Waals surface area contributed by atoms with Crippen LogP contribution >= 0.6 is 0 Å². The quantitative estimate of drug-likeness (QED) is 0.561. The highest BCUT2D eigenvalue weighted by Gasteiger charge is 2.48. The standard InChI is InChI=1S/C12H14N2O3/c1-17-12(8-13-11(12)16)14-10(15)7-9-5-3-2-4-6-9/h2-6H,7-8H2,1H3,(H,13,16)(H,14,15). The topological polar surface area (TPSA) is 67.4 Å². The zero-order chi connectivity index (χ0) is 12.3. The minimum Gasteiger partial charge on any atom is -0.349 e. The highest BCUT2D eigenvalue weighted by Crippen LogP contribution is 2.13. The molecule has 0 aromatic heterocycles. The molecule has 1 fully saturated rings. The highest BCUT2D eigenvalue weighted by atomic mass is 16.5. The van der Waals surface area contributed by atoms with E-state index in [2.05, 4.69) is 10.6 Å². The molecule has 1 atom stereocenters. The molecule has 0 radical (unpaired) electrons. The highest BCUT2D eigenvalue weighted by molar-refractivity contribution is 5.95. The third-order valence-corrected chi connectivity index (χ3v) is 2.76. The van der Waals surface area contributed by atoms with Crippen LogP contribution in [0.25, 0.3) is 0 Å². The van der Waals surface area contributed by atoms with E-state index in [1.807, 2.05) is 30.3 Å². The number of amides is 2. The Balaban J connectivity index is 1.96. The maximum absolute atomic E-state index is 11.8. The first kappa shape index (κ1) is 11.6. The summed E-state index contributed by atoms with van der Waals surface area (Å²) in [6, 6.07) is 9.34. The molecule has 2 amide bonds. The van der Waals surface area contributed by atoms with Crippen molar-refractivity contribution in [2.24, 2.45) is 0 Å². The summed E-state index contributed by atoms with van der Waals surface area (Å²) in [6.45, 7) is 0.308. The van der Waals surface area contributed by atoms with Crippen molar-refractivity contribution < 1.29 is 14.3 Å². The van der Waals surface area contributed by atoms with E-state index in [0.29, 0.717) is 6.54 Å². The Bertz CT molecular complexity index is 429. The molecule has 0 spiro atoms. The molecule has 2 N–H and O–H groups in total. The maximum atomic E-state index is 11.8. The number of hydrogen-bond acceptors (Lipinski definition) is 3. The molecule has 0 saturated carbocycles. The molecule has 1 aliphatic heterocycles. The number of carbonyl (C=O) groups excluding carboxylic acids is 2. The van der Waals surface area contributed by atoms with Crippen LogP contribution < -0.4 is 10.6 Å². The summed E-state index contributed by atoms with van der Waals surface area (Å²) >= 11 is 0. The summed E-state index contributed by atoms with van der Waals surface area (Å²) in [5.74, 6) is -0.533. The third kappa shape index (κ3) is 2.29. The fraction of sp³-hybridized carbons (Fsp3) is 0.333. The molecular formula is C12H14N2O3. The summed E-state index contributed by atoms with van der Waals surface area (Å²) in [5, 5.41) is 5.15. The smallest absolute Gasteiger partial charge is 0.275 e. The van der Waals surface area contributed by atoms with E-state index in [9.17, 15) is 9.59 Å². The Hall–Kier alpha value is -1.88. The third-order valence-electron chi connectivity index (χ3n) is 2.76. The first-order chi connectivity index (χ1) is 8.16. The number of benzene rings is 1. The molecule has 1 aromatic rings. The average Bonchev–Trinajstić information content (AvgIpc) is 2.35. The second-order valence-corrected chi connectivity index (χ2v) is 3.92. The molecular weight excluding hydrogens is 220 g/mol. The number of nitrogens with one attached hydrogen (secondary N) is 2. The van der Waals surface area contributed by atoms with Crippen molar-refractivity contribution in [3.05, 3.63) is 35.9 Å². The van der Waals surface area contributed by atoms with E-state index in [1.54, 1.807) is 0 Å². The van der Waals surface area contributed by atoms with Gasteiger partial charge in [0.15, 0.2) is 0 Å². The number of carbonyl (C=O) groups is 2. The average molecular weight is 234 g/mol. The summed E-state index contributed by atoms with van der Waals surface area (Å²) in [6.07, 6.45) is 0.235. The Morgan fingerprint density at radius 1 is 1.47 bits per heavy atom. The molecule has 5 heteroatoms. The minimum absolute atomic E-state index is 0.229. The molecule has 1 saturated heterocycles. The Morgan fingerprint density at radius 2 is 2.18 bits per heavy atom. The van der Waals surface area contributed by atoms with Crippen LogP contribution in [-0.4, -0.2) is 31.2 Å². The van der Waals surface area contributed by atoms with Crippen LogP contribution in [0.2, 0.25) is 0 Å². The SMILES string of the molecule is COC1(NC(=O)Cc2ccccc2)CNC1=O. The fourth-order valence-electron chi connectivity index (χ4n) is 1.69. The van der Waals surface area contributed by atoms with Gasteiger partial charge in [0.05, 0.1) is 13.0 Å². The molecule has 2 rings (SSSR count). The minimum atomic E-state index is -1.17. The molecule has 17 heavy (non-hydrogen) atoms. The van der Waals surface area contributed by atoms with Crippen LogP contribution in [0.4, 0.5) is 0 Å². The van der Waals surface area contributed by atoms with Crippen LogP contribution in [0.5, 0.6) is 0 Å². The largest absolute Gasteiger partial charge is 0.349 e. The van der Waals surface area contributed by atoms with Crippen LogP contribution in [0.3, 0.4) is 0 Å². The Morgan fingerprint density at radius 3 is 2.65 bits per heavy atom. The number of ether oxygens (including phenoxy) is 1. The number of hydrogen-bond donors (Lipinski definition) is 2.